The van der Waals surface area contributed by atoms with Crippen LogP contribution in [0.15, 0.2) is 36.4 Å². The van der Waals surface area contributed by atoms with Crippen molar-refractivity contribution in [1.82, 2.24) is 4.98 Å². The van der Waals surface area contributed by atoms with E-state index in [1.807, 2.05) is 12.1 Å². The van der Waals surface area contributed by atoms with Crippen LogP contribution in [0.5, 0.6) is 0 Å². The lowest BCUT2D eigenvalue weighted by Crippen LogP contribution is -2.19. The van der Waals surface area contributed by atoms with Crippen molar-refractivity contribution in [1.29, 1.82) is 0 Å². The molecule has 0 spiro atoms. The second-order valence-electron chi connectivity index (χ2n) is 4.88. The maximum Gasteiger partial charge on any atom is 0.325 e. The number of rotatable bonds is 3. The monoisotopic (exact) mass is 365 g/mol. The number of amides is 2. The van der Waals surface area contributed by atoms with E-state index in [-0.39, 0.29) is 6.03 Å². The van der Waals surface area contributed by atoms with E-state index in [0.29, 0.717) is 20.9 Å². The van der Waals surface area contributed by atoms with E-state index in [1.54, 1.807) is 18.2 Å². The van der Waals surface area contributed by atoms with Crippen molar-refractivity contribution in [3.05, 3.63) is 52.0 Å². The summed E-state index contributed by atoms with van der Waals surface area (Å²) in [5, 5.41) is 6.80. The molecule has 7 heteroatoms. The zero-order valence-electron chi connectivity index (χ0n) is 12.2. The molecule has 0 radical (unpaired) electrons. The van der Waals surface area contributed by atoms with Gasteiger partial charge in [-0.05, 0) is 42.3 Å². The number of nitrogens with one attached hydrogen (secondary N) is 2. The number of fused-ring (bicyclic) bond motifs is 1. The molecule has 3 aromatic rings. The van der Waals surface area contributed by atoms with E-state index in [2.05, 4.69) is 28.6 Å². The zero-order valence-corrected chi connectivity index (χ0v) is 14.5. The Hall–Kier alpha value is -1.82. The summed E-state index contributed by atoms with van der Waals surface area (Å²) in [5.41, 5.74) is 2.68. The number of urea groups is 1. The van der Waals surface area contributed by atoms with Crippen molar-refractivity contribution in [2.75, 3.05) is 10.6 Å². The molecule has 2 aromatic carbocycles. The maximum atomic E-state index is 12.0. The van der Waals surface area contributed by atoms with E-state index in [1.165, 1.54) is 16.9 Å². The molecule has 1 aromatic heterocycles. The highest BCUT2D eigenvalue weighted by atomic mass is 35.5. The SMILES string of the molecule is CCc1ccc2nc(NC(=O)Nc3ccc(Cl)c(Cl)c3)sc2c1. The summed E-state index contributed by atoms with van der Waals surface area (Å²) >= 11 is 13.2. The van der Waals surface area contributed by atoms with Gasteiger partial charge in [-0.25, -0.2) is 9.78 Å². The predicted molar refractivity (Wildman–Crippen MR) is 98.1 cm³/mol. The standard InChI is InChI=1S/C16H13Cl2N3OS/c1-2-9-3-6-13-14(7-9)23-16(20-13)21-15(22)19-10-4-5-11(17)12(18)8-10/h3-8H,2H2,1H3,(H2,19,20,21,22). The van der Waals surface area contributed by atoms with E-state index in [9.17, 15) is 4.79 Å². The van der Waals surface area contributed by atoms with Crippen LogP contribution in [0.2, 0.25) is 10.0 Å². The molecule has 2 N–H and O–H groups in total. The minimum absolute atomic E-state index is 0.377. The van der Waals surface area contributed by atoms with Gasteiger partial charge in [0.1, 0.15) is 0 Å². The van der Waals surface area contributed by atoms with Crippen molar-refractivity contribution in [2.24, 2.45) is 0 Å². The Morgan fingerprint density at radius 3 is 2.70 bits per heavy atom. The van der Waals surface area contributed by atoms with Crippen LogP contribution < -0.4 is 10.6 Å². The van der Waals surface area contributed by atoms with Crippen molar-refractivity contribution in [3.8, 4) is 0 Å². The normalized spacial score (nSPS) is 10.7. The summed E-state index contributed by atoms with van der Waals surface area (Å²) in [6.45, 7) is 2.10. The molecule has 0 aliphatic carbocycles. The first-order chi connectivity index (χ1) is 11.0. The third-order valence-corrected chi connectivity index (χ3v) is 4.93. The fourth-order valence-corrected chi connectivity index (χ4v) is 3.30. The Labute approximate surface area is 147 Å². The molecule has 23 heavy (non-hydrogen) atoms. The van der Waals surface area contributed by atoms with Crippen LogP contribution in [0.3, 0.4) is 0 Å². The van der Waals surface area contributed by atoms with E-state index >= 15 is 0 Å². The molecule has 0 atom stereocenters. The molecule has 4 nitrogen and oxygen atoms in total. The van der Waals surface area contributed by atoms with Gasteiger partial charge in [0, 0.05) is 5.69 Å². The summed E-state index contributed by atoms with van der Waals surface area (Å²) in [6.07, 6.45) is 0.967. The van der Waals surface area contributed by atoms with E-state index in [0.717, 1.165) is 16.6 Å². The Morgan fingerprint density at radius 2 is 1.96 bits per heavy atom. The first kappa shape index (κ1) is 16.1. The molecule has 0 saturated heterocycles. The molecule has 3 rings (SSSR count). The third-order valence-electron chi connectivity index (χ3n) is 3.26. The van der Waals surface area contributed by atoms with Crippen LogP contribution >= 0.6 is 34.5 Å². The number of carbonyl (C=O) groups is 1. The van der Waals surface area contributed by atoms with Crippen LogP contribution in [-0.2, 0) is 6.42 Å². The minimum atomic E-state index is -0.377. The number of hydrogen-bond acceptors (Lipinski definition) is 3. The van der Waals surface area contributed by atoms with Crippen LogP contribution in [0.1, 0.15) is 12.5 Å². The number of aromatic nitrogens is 1. The smallest absolute Gasteiger partial charge is 0.308 e. The Balaban J connectivity index is 1.73. The second-order valence-corrected chi connectivity index (χ2v) is 6.73. The molecule has 0 aliphatic heterocycles. The largest absolute Gasteiger partial charge is 0.325 e. The van der Waals surface area contributed by atoms with Gasteiger partial charge in [-0.3, -0.25) is 5.32 Å². The van der Waals surface area contributed by atoms with Crippen molar-refractivity contribution < 1.29 is 4.79 Å². The molecule has 0 aliphatic rings. The fraction of sp³-hybridized carbons (Fsp3) is 0.125. The molecule has 0 unspecified atom stereocenters. The van der Waals surface area contributed by atoms with Crippen LogP contribution in [-0.4, -0.2) is 11.0 Å². The number of nitrogens with zero attached hydrogens (tertiary/aromatic N) is 1. The molecule has 1 heterocycles. The predicted octanol–water partition coefficient (Wildman–Crippen LogP) is 5.81. The third kappa shape index (κ3) is 3.75. The summed E-state index contributed by atoms with van der Waals surface area (Å²) in [5.74, 6) is 0. The van der Waals surface area contributed by atoms with Gasteiger partial charge >= 0.3 is 6.03 Å². The first-order valence-corrected chi connectivity index (χ1v) is 8.55. The number of aryl methyl sites for hydroxylation is 1. The number of carbonyl (C=O) groups excluding carboxylic acids is 1. The van der Waals surface area contributed by atoms with Gasteiger partial charge in [-0.2, -0.15) is 0 Å². The van der Waals surface area contributed by atoms with Gasteiger partial charge in [0.25, 0.3) is 0 Å². The Bertz CT molecular complexity index is 879. The van der Waals surface area contributed by atoms with Gasteiger partial charge in [0.05, 0.1) is 20.3 Å². The molecule has 0 bridgehead atoms. The highest BCUT2D eigenvalue weighted by Gasteiger charge is 2.09. The Morgan fingerprint density at radius 1 is 1.13 bits per heavy atom. The Kier molecular flexibility index (Phi) is 4.71. The minimum Gasteiger partial charge on any atom is -0.308 e. The lowest BCUT2D eigenvalue weighted by atomic mass is 10.2. The van der Waals surface area contributed by atoms with Gasteiger partial charge in [-0.15, -0.1) is 0 Å². The van der Waals surface area contributed by atoms with Gasteiger partial charge in [0.2, 0.25) is 0 Å². The number of thiazole rings is 1. The number of halogens is 2. The first-order valence-electron chi connectivity index (χ1n) is 6.97. The topological polar surface area (TPSA) is 54.0 Å². The summed E-state index contributed by atoms with van der Waals surface area (Å²) in [4.78, 5) is 16.4. The van der Waals surface area contributed by atoms with Crippen LogP contribution in [0.25, 0.3) is 10.2 Å². The maximum absolute atomic E-state index is 12.0. The molecule has 0 saturated carbocycles. The van der Waals surface area contributed by atoms with Gasteiger partial charge < -0.3 is 5.32 Å². The highest BCUT2D eigenvalue weighted by Crippen LogP contribution is 2.28. The molecular formula is C16H13Cl2N3OS. The van der Waals surface area contributed by atoms with Crippen LogP contribution in [0.4, 0.5) is 15.6 Å². The van der Waals surface area contributed by atoms with E-state index in [4.69, 9.17) is 23.2 Å². The molecule has 118 valence electrons. The average molecular weight is 366 g/mol. The summed E-state index contributed by atoms with van der Waals surface area (Å²) in [6, 6.07) is 10.6. The quantitative estimate of drug-likeness (QED) is 0.615. The van der Waals surface area contributed by atoms with Crippen molar-refractivity contribution in [2.45, 2.75) is 13.3 Å². The number of hydrogen-bond donors (Lipinski definition) is 2. The second kappa shape index (κ2) is 6.74. The lowest BCUT2D eigenvalue weighted by molar-refractivity contribution is 0.262. The van der Waals surface area contributed by atoms with Gasteiger partial charge in [-0.1, -0.05) is 47.5 Å². The number of anilines is 2. The summed E-state index contributed by atoms with van der Waals surface area (Å²) in [7, 11) is 0. The van der Waals surface area contributed by atoms with Crippen molar-refractivity contribution in [3.63, 3.8) is 0 Å². The van der Waals surface area contributed by atoms with E-state index < -0.39 is 0 Å². The number of benzene rings is 2. The average Bonchev–Trinajstić information content (AvgIpc) is 2.91. The highest BCUT2D eigenvalue weighted by molar-refractivity contribution is 7.22. The fourth-order valence-electron chi connectivity index (χ4n) is 2.08. The van der Waals surface area contributed by atoms with Crippen molar-refractivity contribution >= 4 is 61.6 Å². The molecule has 0 fully saturated rings. The van der Waals surface area contributed by atoms with Crippen LogP contribution in [0, 0.1) is 0 Å². The zero-order chi connectivity index (χ0) is 16.4. The summed E-state index contributed by atoms with van der Waals surface area (Å²) < 4.78 is 1.05. The molecular weight excluding hydrogens is 353 g/mol. The van der Waals surface area contributed by atoms with Gasteiger partial charge in [0.15, 0.2) is 5.13 Å². The molecule has 2 amide bonds. The lowest BCUT2D eigenvalue weighted by Gasteiger charge is -2.06.